The highest BCUT2D eigenvalue weighted by molar-refractivity contribution is 5.43. The second-order valence-corrected chi connectivity index (χ2v) is 3.78. The summed E-state index contributed by atoms with van der Waals surface area (Å²) in [5.41, 5.74) is 2.56. The minimum absolute atomic E-state index is 0.210. The lowest BCUT2D eigenvalue weighted by Gasteiger charge is -2.15. The Balaban J connectivity index is 2.98. The van der Waals surface area contributed by atoms with E-state index in [0.717, 1.165) is 5.69 Å². The van der Waals surface area contributed by atoms with E-state index in [9.17, 15) is 0 Å². The SMILES string of the molecule is C=Cc1ccc(C(C)(C)C)[nH]1. The summed E-state index contributed by atoms with van der Waals surface area (Å²) >= 11 is 0. The van der Waals surface area contributed by atoms with Gasteiger partial charge in [0.1, 0.15) is 0 Å². The zero-order chi connectivity index (χ0) is 8.48. The molecule has 0 bridgehead atoms. The number of aromatic amines is 1. The minimum Gasteiger partial charge on any atom is -0.358 e. The summed E-state index contributed by atoms with van der Waals surface area (Å²) in [5.74, 6) is 0. The lowest BCUT2D eigenvalue weighted by atomic mass is 9.93. The molecule has 0 spiro atoms. The monoisotopic (exact) mass is 149 g/mol. The number of rotatable bonds is 1. The van der Waals surface area contributed by atoms with Crippen LogP contribution in [0.1, 0.15) is 32.2 Å². The van der Waals surface area contributed by atoms with Gasteiger partial charge in [0, 0.05) is 16.8 Å². The van der Waals surface area contributed by atoms with Crippen molar-refractivity contribution in [1.29, 1.82) is 0 Å². The van der Waals surface area contributed by atoms with Gasteiger partial charge in [-0.1, -0.05) is 27.4 Å². The highest BCUT2D eigenvalue weighted by Gasteiger charge is 2.14. The molecule has 1 heterocycles. The minimum atomic E-state index is 0.210. The van der Waals surface area contributed by atoms with Gasteiger partial charge in [0.05, 0.1) is 0 Å². The molecular weight excluding hydrogens is 134 g/mol. The van der Waals surface area contributed by atoms with Crippen molar-refractivity contribution in [3.05, 3.63) is 30.1 Å². The Morgan fingerprint density at radius 3 is 2.27 bits per heavy atom. The van der Waals surface area contributed by atoms with E-state index in [4.69, 9.17) is 0 Å². The van der Waals surface area contributed by atoms with Gasteiger partial charge in [-0.15, -0.1) is 0 Å². The molecule has 0 unspecified atom stereocenters. The van der Waals surface area contributed by atoms with Crippen LogP contribution in [0.5, 0.6) is 0 Å². The van der Waals surface area contributed by atoms with Crippen molar-refractivity contribution in [1.82, 2.24) is 4.98 Å². The van der Waals surface area contributed by atoms with Gasteiger partial charge in [-0.05, 0) is 18.2 Å². The molecule has 1 rings (SSSR count). The van der Waals surface area contributed by atoms with Gasteiger partial charge in [0.25, 0.3) is 0 Å². The van der Waals surface area contributed by atoms with Crippen molar-refractivity contribution in [3.8, 4) is 0 Å². The first-order chi connectivity index (χ1) is 5.04. The fourth-order valence-corrected chi connectivity index (χ4v) is 0.969. The second-order valence-electron chi connectivity index (χ2n) is 3.78. The van der Waals surface area contributed by atoms with Gasteiger partial charge in [-0.3, -0.25) is 0 Å². The molecular formula is C10H15N. The van der Waals surface area contributed by atoms with Gasteiger partial charge in [0.2, 0.25) is 0 Å². The zero-order valence-corrected chi connectivity index (χ0v) is 7.44. The number of nitrogens with one attached hydrogen (secondary N) is 1. The van der Waals surface area contributed by atoms with Crippen molar-refractivity contribution in [2.45, 2.75) is 26.2 Å². The van der Waals surface area contributed by atoms with E-state index in [1.54, 1.807) is 0 Å². The highest BCUT2D eigenvalue weighted by atomic mass is 14.7. The van der Waals surface area contributed by atoms with E-state index in [2.05, 4.69) is 38.4 Å². The first kappa shape index (κ1) is 8.12. The van der Waals surface area contributed by atoms with Crippen molar-refractivity contribution in [3.63, 3.8) is 0 Å². The normalized spacial score (nSPS) is 11.5. The Bertz CT molecular complexity index is 250. The van der Waals surface area contributed by atoms with Crippen LogP contribution in [-0.4, -0.2) is 4.98 Å². The van der Waals surface area contributed by atoms with Crippen LogP contribution < -0.4 is 0 Å². The van der Waals surface area contributed by atoms with Crippen molar-refractivity contribution < 1.29 is 0 Å². The van der Waals surface area contributed by atoms with E-state index in [1.165, 1.54) is 5.69 Å². The van der Waals surface area contributed by atoms with E-state index < -0.39 is 0 Å². The molecule has 0 saturated carbocycles. The van der Waals surface area contributed by atoms with Gasteiger partial charge >= 0.3 is 0 Å². The third-order valence-corrected chi connectivity index (χ3v) is 1.74. The van der Waals surface area contributed by atoms with Gasteiger partial charge < -0.3 is 4.98 Å². The summed E-state index contributed by atoms with van der Waals surface area (Å²) < 4.78 is 0. The van der Waals surface area contributed by atoms with E-state index in [0.29, 0.717) is 0 Å². The summed E-state index contributed by atoms with van der Waals surface area (Å²) in [6.45, 7) is 10.3. The zero-order valence-electron chi connectivity index (χ0n) is 7.44. The van der Waals surface area contributed by atoms with Crippen LogP contribution >= 0.6 is 0 Å². The quantitative estimate of drug-likeness (QED) is 0.632. The van der Waals surface area contributed by atoms with Gasteiger partial charge in [0.15, 0.2) is 0 Å². The number of hydrogen-bond donors (Lipinski definition) is 1. The Kier molecular flexibility index (Phi) is 1.90. The number of hydrogen-bond acceptors (Lipinski definition) is 0. The number of aromatic nitrogens is 1. The summed E-state index contributed by atoms with van der Waals surface area (Å²) in [7, 11) is 0. The van der Waals surface area contributed by atoms with E-state index in [-0.39, 0.29) is 5.41 Å². The Morgan fingerprint density at radius 2 is 2.00 bits per heavy atom. The largest absolute Gasteiger partial charge is 0.358 e. The van der Waals surface area contributed by atoms with Gasteiger partial charge in [-0.25, -0.2) is 0 Å². The molecule has 0 aliphatic heterocycles. The number of H-pyrrole nitrogens is 1. The maximum Gasteiger partial charge on any atom is 0.0376 e. The fourth-order valence-electron chi connectivity index (χ4n) is 0.969. The van der Waals surface area contributed by atoms with E-state index >= 15 is 0 Å². The van der Waals surface area contributed by atoms with Crippen LogP contribution in [0, 0.1) is 0 Å². The Morgan fingerprint density at radius 1 is 1.36 bits per heavy atom. The molecule has 11 heavy (non-hydrogen) atoms. The average molecular weight is 149 g/mol. The summed E-state index contributed by atoms with van der Waals surface area (Å²) in [4.78, 5) is 3.28. The summed E-state index contributed by atoms with van der Waals surface area (Å²) in [5, 5.41) is 0. The van der Waals surface area contributed by atoms with E-state index in [1.807, 2.05) is 12.1 Å². The third-order valence-electron chi connectivity index (χ3n) is 1.74. The molecule has 0 radical (unpaired) electrons. The topological polar surface area (TPSA) is 15.8 Å². The maximum atomic E-state index is 3.70. The smallest absolute Gasteiger partial charge is 0.0376 e. The van der Waals surface area contributed by atoms with Crippen LogP contribution in [0.15, 0.2) is 18.7 Å². The standard InChI is InChI=1S/C10H15N/c1-5-8-6-7-9(11-8)10(2,3)4/h5-7,11H,1H2,2-4H3. The first-order valence-electron chi connectivity index (χ1n) is 3.86. The summed E-state index contributed by atoms with van der Waals surface area (Å²) in [6.07, 6.45) is 1.83. The molecule has 0 aliphatic carbocycles. The molecule has 0 aliphatic rings. The first-order valence-corrected chi connectivity index (χ1v) is 3.86. The lowest BCUT2D eigenvalue weighted by molar-refractivity contribution is 0.572. The van der Waals surface area contributed by atoms with Crippen LogP contribution in [-0.2, 0) is 5.41 Å². The predicted molar refractivity (Wildman–Crippen MR) is 49.6 cm³/mol. The van der Waals surface area contributed by atoms with Crippen molar-refractivity contribution in [2.24, 2.45) is 0 Å². The van der Waals surface area contributed by atoms with Crippen molar-refractivity contribution >= 4 is 6.08 Å². The third kappa shape index (κ3) is 1.73. The molecule has 0 atom stereocenters. The molecule has 0 saturated heterocycles. The van der Waals surface area contributed by atoms with Crippen LogP contribution in [0.4, 0.5) is 0 Å². The maximum absolute atomic E-state index is 3.70. The summed E-state index contributed by atoms with van der Waals surface area (Å²) in [6, 6.07) is 4.16. The second kappa shape index (κ2) is 2.57. The molecule has 1 nitrogen and oxygen atoms in total. The molecule has 0 amide bonds. The van der Waals surface area contributed by atoms with Crippen molar-refractivity contribution in [2.75, 3.05) is 0 Å². The molecule has 0 fully saturated rings. The molecule has 1 aromatic rings. The Labute approximate surface area is 68.1 Å². The van der Waals surface area contributed by atoms with Crippen LogP contribution in [0.3, 0.4) is 0 Å². The molecule has 0 aromatic carbocycles. The predicted octanol–water partition coefficient (Wildman–Crippen LogP) is 2.96. The fraction of sp³-hybridized carbons (Fsp3) is 0.400. The molecule has 60 valence electrons. The van der Waals surface area contributed by atoms with Crippen LogP contribution in [0.2, 0.25) is 0 Å². The van der Waals surface area contributed by atoms with Crippen LogP contribution in [0.25, 0.3) is 6.08 Å². The van der Waals surface area contributed by atoms with Gasteiger partial charge in [-0.2, -0.15) is 0 Å². The highest BCUT2D eigenvalue weighted by Crippen LogP contribution is 2.21. The molecule has 1 N–H and O–H groups in total. The Hall–Kier alpha value is -0.980. The molecule has 1 heteroatoms. The molecule has 1 aromatic heterocycles. The lowest BCUT2D eigenvalue weighted by Crippen LogP contribution is -2.11. The average Bonchev–Trinajstić information content (AvgIpc) is 2.32.